The number of carbonyl (C=O) groups is 1. The van der Waals surface area contributed by atoms with Crippen molar-refractivity contribution in [1.29, 1.82) is 0 Å². The molecule has 0 fully saturated rings. The van der Waals surface area contributed by atoms with Crippen molar-refractivity contribution in [3.05, 3.63) is 12.2 Å². The Balaban J connectivity index is 0. The van der Waals surface area contributed by atoms with Gasteiger partial charge in [-0.05, 0) is 20.3 Å². The van der Waals surface area contributed by atoms with Crippen LogP contribution in [0.2, 0.25) is 0 Å². The summed E-state index contributed by atoms with van der Waals surface area (Å²) in [5.41, 5.74) is 0.237. The predicted octanol–water partition coefficient (Wildman–Crippen LogP) is 0.992. The van der Waals surface area contributed by atoms with E-state index in [-0.39, 0.29) is 47.5 Å². The Kier molecular flexibility index (Phi) is 11.3. The fourth-order valence-corrected chi connectivity index (χ4v) is 2.09. The first-order valence-corrected chi connectivity index (χ1v) is 7.09. The van der Waals surface area contributed by atoms with E-state index in [1.165, 1.54) is 13.8 Å². The quantitative estimate of drug-likeness (QED) is 0.219. The van der Waals surface area contributed by atoms with E-state index in [4.69, 9.17) is 8.92 Å². The molecule has 0 radical (unpaired) electrons. The van der Waals surface area contributed by atoms with Gasteiger partial charge in [0.25, 0.3) is 10.1 Å². The molecule has 0 aliphatic carbocycles. The summed E-state index contributed by atoms with van der Waals surface area (Å²) in [5.74, 6) is -0.934. The predicted molar refractivity (Wildman–Crippen MR) is 72.2 cm³/mol. The van der Waals surface area contributed by atoms with E-state index in [9.17, 15) is 13.2 Å². The molecule has 1 unspecified atom stereocenters. The second-order valence-electron chi connectivity index (χ2n) is 3.90. The molecule has 0 amide bonds. The minimum absolute atomic E-state index is 0. The fourth-order valence-electron chi connectivity index (χ4n) is 0.983. The third-order valence-corrected chi connectivity index (χ3v) is 3.26. The minimum atomic E-state index is -3.63. The molecule has 18 heavy (non-hydrogen) atoms. The van der Waals surface area contributed by atoms with Crippen LogP contribution in [0.1, 0.15) is 33.6 Å². The first-order valence-electron chi connectivity index (χ1n) is 5.52. The Morgan fingerprint density at radius 1 is 1.39 bits per heavy atom. The standard InChI is InChI=1S/C11H20O5S.Na.H/c1-5-6-7-15-17(13,14)8-10(4)16-11(12)9(2)3;;/h10H,2,5-8H2,1,3-4H3;;. The number of rotatable bonds is 8. The Hall–Kier alpha value is 0.120. The maximum absolute atomic E-state index is 11.4. The molecule has 0 aliphatic heterocycles. The van der Waals surface area contributed by atoms with Gasteiger partial charge < -0.3 is 4.74 Å². The van der Waals surface area contributed by atoms with E-state index in [2.05, 4.69) is 6.58 Å². The van der Waals surface area contributed by atoms with Crippen molar-refractivity contribution < 1.29 is 22.1 Å². The maximum atomic E-state index is 11.4. The van der Waals surface area contributed by atoms with Crippen molar-refractivity contribution >= 4 is 45.6 Å². The number of esters is 1. The molecule has 102 valence electrons. The van der Waals surface area contributed by atoms with E-state index >= 15 is 0 Å². The van der Waals surface area contributed by atoms with Crippen LogP contribution in [0.3, 0.4) is 0 Å². The summed E-state index contributed by atoms with van der Waals surface area (Å²) in [4.78, 5) is 11.1. The van der Waals surface area contributed by atoms with Crippen molar-refractivity contribution in [3.8, 4) is 0 Å². The summed E-state index contributed by atoms with van der Waals surface area (Å²) in [6.07, 6.45) is 0.792. The molecule has 1 atom stereocenters. The molecule has 0 aromatic heterocycles. The average molecular weight is 288 g/mol. The molecule has 5 nitrogen and oxygen atoms in total. The molecule has 0 aromatic rings. The molecule has 0 aliphatic rings. The van der Waals surface area contributed by atoms with E-state index in [0.29, 0.717) is 6.42 Å². The first kappa shape index (κ1) is 20.4. The van der Waals surface area contributed by atoms with Crippen LogP contribution in [0.4, 0.5) is 0 Å². The van der Waals surface area contributed by atoms with Crippen LogP contribution in [0.15, 0.2) is 12.2 Å². The fraction of sp³-hybridized carbons (Fsp3) is 0.727. The van der Waals surface area contributed by atoms with Crippen molar-refractivity contribution in [2.45, 2.75) is 39.7 Å². The second kappa shape index (κ2) is 9.97. The van der Waals surface area contributed by atoms with Gasteiger partial charge in [0, 0.05) is 5.57 Å². The van der Waals surface area contributed by atoms with Gasteiger partial charge in [0.2, 0.25) is 0 Å². The SMILES string of the molecule is C=C(C)C(=O)OC(C)CS(=O)(=O)OCCCC.[NaH]. The van der Waals surface area contributed by atoms with Crippen LogP contribution in [0, 0.1) is 0 Å². The zero-order chi connectivity index (χ0) is 13.5. The van der Waals surface area contributed by atoms with Crippen molar-refractivity contribution in [1.82, 2.24) is 0 Å². The average Bonchev–Trinajstić information content (AvgIpc) is 2.16. The van der Waals surface area contributed by atoms with Gasteiger partial charge in [-0.3, -0.25) is 4.18 Å². The van der Waals surface area contributed by atoms with Crippen molar-refractivity contribution in [2.75, 3.05) is 12.4 Å². The van der Waals surface area contributed by atoms with Crippen LogP contribution in [0.25, 0.3) is 0 Å². The van der Waals surface area contributed by atoms with Gasteiger partial charge in [-0.15, -0.1) is 0 Å². The third-order valence-electron chi connectivity index (χ3n) is 1.86. The van der Waals surface area contributed by atoms with Crippen LogP contribution in [-0.4, -0.2) is 62.4 Å². The molecule has 0 saturated carbocycles. The number of hydrogen-bond acceptors (Lipinski definition) is 5. The summed E-state index contributed by atoms with van der Waals surface area (Å²) in [6, 6.07) is 0. The van der Waals surface area contributed by atoms with Gasteiger partial charge in [-0.2, -0.15) is 8.42 Å². The third kappa shape index (κ3) is 10.1. The number of hydrogen-bond donors (Lipinski definition) is 0. The molecule has 0 N–H and O–H groups in total. The van der Waals surface area contributed by atoms with Crippen LogP contribution in [0.5, 0.6) is 0 Å². The van der Waals surface area contributed by atoms with Crippen LogP contribution < -0.4 is 0 Å². The monoisotopic (exact) mass is 288 g/mol. The summed E-state index contributed by atoms with van der Waals surface area (Å²) in [5, 5.41) is 0. The Labute approximate surface area is 131 Å². The van der Waals surface area contributed by atoms with Crippen molar-refractivity contribution in [3.63, 3.8) is 0 Å². The summed E-state index contributed by atoms with van der Waals surface area (Å²) in [6.45, 7) is 8.52. The second-order valence-corrected chi connectivity index (χ2v) is 5.58. The van der Waals surface area contributed by atoms with E-state index in [1.807, 2.05) is 6.92 Å². The van der Waals surface area contributed by atoms with Gasteiger partial charge in [-0.1, -0.05) is 19.9 Å². The molecule has 0 heterocycles. The zero-order valence-corrected chi connectivity index (χ0v) is 11.4. The number of carbonyl (C=O) groups excluding carboxylic acids is 1. The first-order chi connectivity index (χ1) is 7.78. The van der Waals surface area contributed by atoms with Crippen molar-refractivity contribution in [2.24, 2.45) is 0 Å². The van der Waals surface area contributed by atoms with E-state index in [0.717, 1.165) is 6.42 Å². The van der Waals surface area contributed by atoms with Gasteiger partial charge in [0.1, 0.15) is 11.9 Å². The Morgan fingerprint density at radius 3 is 2.39 bits per heavy atom. The molecule has 0 bridgehead atoms. The molecule has 0 spiro atoms. The molecular weight excluding hydrogens is 267 g/mol. The molecule has 0 aromatic carbocycles. The van der Waals surface area contributed by atoms with Gasteiger partial charge in [-0.25, -0.2) is 4.79 Å². The topological polar surface area (TPSA) is 69.7 Å². The number of unbranched alkanes of at least 4 members (excludes halogenated alkanes) is 1. The van der Waals surface area contributed by atoms with Gasteiger partial charge >= 0.3 is 35.5 Å². The van der Waals surface area contributed by atoms with Gasteiger partial charge in [0.15, 0.2) is 0 Å². The Bertz CT molecular complexity index is 364. The normalized spacial score (nSPS) is 12.4. The molecular formula is C11H21NaO5S. The summed E-state index contributed by atoms with van der Waals surface area (Å²) >= 11 is 0. The zero-order valence-electron chi connectivity index (χ0n) is 10.6. The molecule has 0 saturated heterocycles. The molecule has 0 rings (SSSR count). The van der Waals surface area contributed by atoms with Crippen LogP contribution in [-0.2, 0) is 23.8 Å². The number of ether oxygens (including phenoxy) is 1. The van der Waals surface area contributed by atoms with Crippen LogP contribution >= 0.6 is 0 Å². The van der Waals surface area contributed by atoms with E-state index < -0.39 is 22.2 Å². The Morgan fingerprint density at radius 2 is 1.94 bits per heavy atom. The summed E-state index contributed by atoms with van der Waals surface area (Å²) in [7, 11) is -3.63. The molecule has 7 heteroatoms. The summed E-state index contributed by atoms with van der Waals surface area (Å²) < 4.78 is 32.5. The van der Waals surface area contributed by atoms with Gasteiger partial charge in [0.05, 0.1) is 6.61 Å². The van der Waals surface area contributed by atoms with E-state index in [1.54, 1.807) is 0 Å².